The van der Waals surface area contributed by atoms with Crippen LogP contribution in [-0.4, -0.2) is 46.9 Å². The molecule has 4 N–H and O–H groups in total. The highest BCUT2D eigenvalue weighted by atomic mass is 16.3. The molecule has 0 amide bonds. The fraction of sp³-hybridized carbons (Fsp3) is 0.931. The van der Waals surface area contributed by atoms with Crippen molar-refractivity contribution in [1.82, 2.24) is 0 Å². The third kappa shape index (κ3) is 4.36. The van der Waals surface area contributed by atoms with Gasteiger partial charge in [-0.05, 0) is 116 Å². The molecule has 33 heavy (non-hydrogen) atoms. The van der Waals surface area contributed by atoms with E-state index in [9.17, 15) is 10.2 Å². The predicted octanol–water partition coefficient (Wildman–Crippen LogP) is 5.19. The minimum atomic E-state index is -0.0675. The van der Waals surface area contributed by atoms with E-state index in [1.54, 1.807) is 0 Å². The van der Waals surface area contributed by atoms with Crippen LogP contribution in [0.1, 0.15) is 91.4 Å². The second-order valence-electron chi connectivity index (χ2n) is 12.6. The van der Waals surface area contributed by atoms with E-state index in [1.807, 2.05) is 0 Å². The molecule has 0 heterocycles. The van der Waals surface area contributed by atoms with E-state index in [4.69, 9.17) is 10.2 Å². The molecule has 5 aliphatic carbocycles. The molecule has 192 valence electrons. The second kappa shape index (κ2) is 10.7. The first-order chi connectivity index (χ1) is 15.8. The van der Waals surface area contributed by atoms with Gasteiger partial charge in [0.15, 0.2) is 0 Å². The van der Waals surface area contributed by atoms with Crippen LogP contribution in [0.25, 0.3) is 0 Å². The molecule has 0 aliphatic heterocycles. The Morgan fingerprint density at radius 3 is 2.06 bits per heavy atom. The lowest BCUT2D eigenvalue weighted by atomic mass is 9.37. The summed E-state index contributed by atoms with van der Waals surface area (Å²) in [4.78, 5) is 0. The number of aliphatic hydroxyl groups is 4. The third-order valence-corrected chi connectivity index (χ3v) is 11.7. The summed E-state index contributed by atoms with van der Waals surface area (Å²) in [6.07, 6.45) is 15.8. The van der Waals surface area contributed by atoms with Gasteiger partial charge in [-0.1, -0.05) is 33.3 Å². The zero-order valence-electron chi connectivity index (χ0n) is 21.8. The number of rotatable bonds is 2. The van der Waals surface area contributed by atoms with E-state index in [1.165, 1.54) is 70.3 Å². The largest absolute Gasteiger partial charge is 0.400 e. The Morgan fingerprint density at radius 1 is 0.818 bits per heavy atom. The van der Waals surface area contributed by atoms with Crippen molar-refractivity contribution in [1.29, 1.82) is 0 Å². The van der Waals surface area contributed by atoms with Crippen molar-refractivity contribution in [2.45, 2.75) is 97.5 Å². The molecular weight excluding hydrogens is 412 g/mol. The first-order valence-corrected chi connectivity index (χ1v) is 13.7. The van der Waals surface area contributed by atoms with Gasteiger partial charge in [0.1, 0.15) is 0 Å². The number of hydrogen-bond donors (Lipinski definition) is 4. The molecule has 5 saturated carbocycles. The van der Waals surface area contributed by atoms with Gasteiger partial charge in [0.05, 0.1) is 12.7 Å². The minimum absolute atomic E-state index is 0.0675. The van der Waals surface area contributed by atoms with E-state index < -0.39 is 0 Å². The van der Waals surface area contributed by atoms with Gasteiger partial charge in [0.25, 0.3) is 0 Å². The Labute approximate surface area is 202 Å². The van der Waals surface area contributed by atoms with Crippen molar-refractivity contribution in [3.8, 4) is 0 Å². The van der Waals surface area contributed by atoms with Crippen LogP contribution >= 0.6 is 0 Å². The molecule has 0 aromatic carbocycles. The molecule has 0 radical (unpaired) electrons. The maximum atomic E-state index is 10.5. The van der Waals surface area contributed by atoms with Crippen molar-refractivity contribution in [3.05, 3.63) is 12.7 Å². The molecule has 4 nitrogen and oxygen atoms in total. The molecule has 5 aliphatic rings. The lowest BCUT2D eigenvalue weighted by Gasteiger charge is -2.67. The van der Waals surface area contributed by atoms with Crippen molar-refractivity contribution in [3.63, 3.8) is 0 Å². The highest BCUT2D eigenvalue weighted by Crippen LogP contribution is 2.71. The molecule has 0 saturated heterocycles. The molecule has 5 rings (SSSR count). The summed E-state index contributed by atoms with van der Waals surface area (Å²) >= 11 is 0. The highest BCUT2D eigenvalue weighted by Gasteiger charge is 2.64. The Balaban J connectivity index is 0.000000464. The van der Waals surface area contributed by atoms with E-state index >= 15 is 0 Å². The van der Waals surface area contributed by atoms with Crippen LogP contribution < -0.4 is 0 Å². The summed E-state index contributed by atoms with van der Waals surface area (Å²) in [5.74, 6) is 4.62. The maximum Gasteiger partial charge on any atom is 0.0609 e. The average Bonchev–Trinajstić information content (AvgIpc) is 3.28. The monoisotopic (exact) mass is 464 g/mol. The van der Waals surface area contributed by atoms with E-state index in [2.05, 4.69) is 27.4 Å². The standard InChI is InChI=1S/C25H42O2.C3H6O.CH4O/c1-16-18-8-12-24(3)19-9-14-25(15-26)11-4-5-20(25)17(19)6-7-22(24)23(18,2)13-10-21(16)27;1-2-3-4;1-2/h16-22,26-27H,4-15H2,1-3H3;2,4H,1,3H2;2H,1H3. The molecule has 5 fully saturated rings. The summed E-state index contributed by atoms with van der Waals surface area (Å²) in [6, 6.07) is 0. The molecular formula is C29H52O4. The van der Waals surface area contributed by atoms with E-state index in [-0.39, 0.29) is 18.1 Å². The van der Waals surface area contributed by atoms with Crippen molar-refractivity contribution < 1.29 is 20.4 Å². The van der Waals surface area contributed by atoms with Crippen molar-refractivity contribution >= 4 is 0 Å². The van der Waals surface area contributed by atoms with Gasteiger partial charge in [0.2, 0.25) is 0 Å². The first kappa shape index (κ1) is 27.2. The van der Waals surface area contributed by atoms with Crippen LogP contribution in [0.5, 0.6) is 0 Å². The fourth-order valence-electron chi connectivity index (χ4n) is 10.2. The lowest BCUT2D eigenvalue weighted by molar-refractivity contribution is -0.197. The Morgan fingerprint density at radius 2 is 1.42 bits per heavy atom. The summed E-state index contributed by atoms with van der Waals surface area (Å²) < 4.78 is 0. The van der Waals surface area contributed by atoms with Crippen LogP contribution in [-0.2, 0) is 0 Å². The lowest BCUT2D eigenvalue weighted by Crippen LogP contribution is -2.61. The number of fused-ring (bicyclic) bond motifs is 7. The van der Waals surface area contributed by atoms with Gasteiger partial charge < -0.3 is 20.4 Å². The maximum absolute atomic E-state index is 10.5. The Bertz CT molecular complexity index is 652. The van der Waals surface area contributed by atoms with Crippen LogP contribution in [0.15, 0.2) is 12.7 Å². The predicted molar refractivity (Wildman–Crippen MR) is 135 cm³/mol. The zero-order chi connectivity index (χ0) is 24.4. The SMILES string of the molecule is C=CCO.CC1C(O)CCC2(C)C1CCC1(C)C3CCC4(CO)CCCC4C3CCC21.CO. The van der Waals surface area contributed by atoms with Gasteiger partial charge in [-0.2, -0.15) is 0 Å². The van der Waals surface area contributed by atoms with Crippen molar-refractivity contribution in [2.24, 2.45) is 51.8 Å². The number of aliphatic hydroxyl groups excluding tert-OH is 4. The van der Waals surface area contributed by atoms with Crippen molar-refractivity contribution in [2.75, 3.05) is 20.3 Å². The Kier molecular flexibility index (Phi) is 8.80. The summed E-state index contributed by atoms with van der Waals surface area (Å²) in [5.41, 5.74) is 1.23. The third-order valence-electron chi connectivity index (χ3n) is 11.7. The van der Waals surface area contributed by atoms with Crippen LogP contribution in [0.3, 0.4) is 0 Å². The smallest absolute Gasteiger partial charge is 0.0609 e. The van der Waals surface area contributed by atoms with Crippen LogP contribution in [0.4, 0.5) is 0 Å². The summed E-state index contributed by atoms with van der Waals surface area (Å²) in [6.45, 7) is 11.4. The van der Waals surface area contributed by atoms with Gasteiger partial charge in [0, 0.05) is 13.7 Å². The van der Waals surface area contributed by atoms with Gasteiger partial charge in [-0.25, -0.2) is 0 Å². The number of hydrogen-bond acceptors (Lipinski definition) is 4. The van der Waals surface area contributed by atoms with Gasteiger partial charge >= 0.3 is 0 Å². The summed E-state index contributed by atoms with van der Waals surface area (Å²) in [7, 11) is 1.00. The molecule has 10 atom stereocenters. The second-order valence-corrected chi connectivity index (χ2v) is 12.6. The minimum Gasteiger partial charge on any atom is -0.400 e. The van der Waals surface area contributed by atoms with Crippen LogP contribution in [0.2, 0.25) is 0 Å². The first-order valence-electron chi connectivity index (χ1n) is 13.7. The van der Waals surface area contributed by atoms with Gasteiger partial charge in [-0.3, -0.25) is 0 Å². The van der Waals surface area contributed by atoms with Crippen LogP contribution in [0, 0.1) is 51.8 Å². The fourth-order valence-corrected chi connectivity index (χ4v) is 10.2. The topological polar surface area (TPSA) is 80.9 Å². The zero-order valence-corrected chi connectivity index (χ0v) is 21.8. The molecule has 0 aromatic rings. The molecule has 10 unspecified atom stereocenters. The quantitative estimate of drug-likeness (QED) is 0.424. The molecule has 4 heteroatoms. The molecule has 0 bridgehead atoms. The highest BCUT2D eigenvalue weighted by molar-refractivity contribution is 5.13. The Hall–Kier alpha value is -0.420. The normalized spacial score (nSPS) is 50.1. The molecule has 0 spiro atoms. The van der Waals surface area contributed by atoms with Gasteiger partial charge in [-0.15, -0.1) is 6.58 Å². The van der Waals surface area contributed by atoms with E-state index in [0.717, 1.165) is 43.1 Å². The average molecular weight is 465 g/mol. The summed E-state index contributed by atoms with van der Waals surface area (Å²) in [5, 5.41) is 35.5. The molecule has 0 aromatic heterocycles. The van der Waals surface area contributed by atoms with E-state index in [0.29, 0.717) is 23.4 Å².